The van der Waals surface area contributed by atoms with Crippen molar-refractivity contribution in [2.24, 2.45) is 0 Å². The summed E-state index contributed by atoms with van der Waals surface area (Å²) in [6.45, 7) is 3.55. The van der Waals surface area contributed by atoms with Crippen molar-refractivity contribution in [1.29, 1.82) is 0 Å². The smallest absolute Gasteiger partial charge is 0.201 e. The maximum Gasteiger partial charge on any atom is 0.201 e. The van der Waals surface area contributed by atoms with Crippen LogP contribution in [0.25, 0.3) is 22.2 Å². The van der Waals surface area contributed by atoms with E-state index >= 15 is 4.39 Å². The number of carbonyl (C=O) groups is 1. The first kappa shape index (κ1) is 23.6. The molecule has 2 heterocycles. The minimum atomic E-state index is -2.86. The number of hydrogen-bond acceptors (Lipinski definition) is 3. The lowest BCUT2D eigenvalue weighted by Crippen LogP contribution is -2.18. The summed E-state index contributed by atoms with van der Waals surface area (Å²) in [6, 6.07) is 7.99. The van der Waals surface area contributed by atoms with Crippen LogP contribution in [-0.4, -0.2) is 31.6 Å². The third-order valence-corrected chi connectivity index (χ3v) is 7.08. The van der Waals surface area contributed by atoms with Crippen LogP contribution in [0.15, 0.2) is 48.8 Å². The lowest BCUT2D eigenvalue weighted by molar-refractivity contribution is 0.103. The fraction of sp³-hybridized carbons (Fsp3) is 0.160. The van der Waals surface area contributed by atoms with E-state index in [4.69, 9.17) is 0 Å². The van der Waals surface area contributed by atoms with Crippen LogP contribution in [0.4, 0.5) is 18.9 Å². The minimum Gasteiger partial charge on any atom is -0.345 e. The molecule has 9 heteroatoms. The van der Waals surface area contributed by atoms with Gasteiger partial charge in [0.1, 0.15) is 17.3 Å². The van der Waals surface area contributed by atoms with Crippen LogP contribution in [0.2, 0.25) is 0 Å². The van der Waals surface area contributed by atoms with Crippen molar-refractivity contribution in [3.63, 3.8) is 0 Å². The number of anilines is 1. The van der Waals surface area contributed by atoms with Crippen molar-refractivity contribution in [3.8, 4) is 11.1 Å². The summed E-state index contributed by atoms with van der Waals surface area (Å²) in [4.78, 5) is 20.4. The highest BCUT2D eigenvalue weighted by Gasteiger charge is 2.25. The molecule has 1 unspecified atom stereocenters. The Bertz CT molecular complexity index is 1530. The van der Waals surface area contributed by atoms with Crippen molar-refractivity contribution in [1.82, 2.24) is 9.97 Å². The molecule has 0 spiro atoms. The molecule has 2 aromatic heterocycles. The van der Waals surface area contributed by atoms with Gasteiger partial charge in [0.2, 0.25) is 5.78 Å². The summed E-state index contributed by atoms with van der Waals surface area (Å²) in [6.07, 6.45) is 3.45. The van der Waals surface area contributed by atoms with Crippen molar-refractivity contribution in [3.05, 3.63) is 82.9 Å². The summed E-state index contributed by atoms with van der Waals surface area (Å²) in [7, 11) is -2.86. The second-order valence-corrected chi connectivity index (χ2v) is 10.2. The number of rotatable bonds is 7. The molecule has 2 N–H and O–H groups in total. The molecule has 1 atom stereocenters. The van der Waals surface area contributed by atoms with E-state index in [0.717, 1.165) is 12.1 Å². The molecule has 0 bridgehead atoms. The minimum absolute atomic E-state index is 0.0166. The number of ketones is 1. The number of H-pyrrole nitrogens is 1. The van der Waals surface area contributed by atoms with E-state index in [1.165, 1.54) is 18.3 Å². The predicted molar refractivity (Wildman–Crippen MR) is 130 cm³/mol. The SMILES string of the molecule is C=S(=O)(CCC)Nc1ccc(F)c(C(=O)c2c[nH]c3ncc(-c4ccc(F)cc4C)cc23)c1F. The van der Waals surface area contributed by atoms with E-state index in [-0.39, 0.29) is 22.8 Å². The number of fused-ring (bicyclic) bond motifs is 1. The molecule has 0 aliphatic carbocycles. The molecule has 0 radical (unpaired) electrons. The van der Waals surface area contributed by atoms with Crippen molar-refractivity contribution < 1.29 is 22.2 Å². The molecule has 0 fully saturated rings. The summed E-state index contributed by atoms with van der Waals surface area (Å²) >= 11 is 0. The molecule has 5 nitrogen and oxygen atoms in total. The number of nitrogens with one attached hydrogen (secondary N) is 2. The first-order valence-electron chi connectivity index (χ1n) is 10.5. The maximum absolute atomic E-state index is 15.2. The van der Waals surface area contributed by atoms with E-state index in [1.54, 1.807) is 32.2 Å². The number of carbonyl (C=O) groups excluding carboxylic acids is 1. The van der Waals surface area contributed by atoms with Crippen molar-refractivity contribution in [2.75, 3.05) is 10.5 Å². The Kier molecular flexibility index (Phi) is 6.22. The third-order valence-electron chi connectivity index (χ3n) is 5.42. The van der Waals surface area contributed by atoms with E-state index in [1.807, 2.05) is 0 Å². The Labute approximate surface area is 195 Å². The van der Waals surface area contributed by atoms with Gasteiger partial charge in [-0.25, -0.2) is 22.4 Å². The number of hydrogen-bond donors (Lipinski definition) is 2. The number of halogens is 3. The zero-order valence-corrected chi connectivity index (χ0v) is 19.4. The van der Waals surface area contributed by atoms with E-state index in [2.05, 4.69) is 20.6 Å². The number of nitrogens with zero attached hydrogens (tertiary/aromatic N) is 1. The van der Waals surface area contributed by atoms with E-state index in [9.17, 15) is 17.8 Å². The Morgan fingerprint density at radius 2 is 1.94 bits per heavy atom. The quantitative estimate of drug-likeness (QED) is 0.263. The molecule has 2 aromatic carbocycles. The highest BCUT2D eigenvalue weighted by molar-refractivity contribution is 8.01. The van der Waals surface area contributed by atoms with Crippen LogP contribution in [0.3, 0.4) is 0 Å². The summed E-state index contributed by atoms with van der Waals surface area (Å²) in [5.74, 6) is 0.285. The number of aryl methyl sites for hydroxylation is 1. The molecule has 0 aliphatic rings. The number of benzene rings is 2. The number of aromatic amines is 1. The number of aromatic nitrogens is 2. The van der Waals surface area contributed by atoms with Gasteiger partial charge in [0, 0.05) is 44.4 Å². The molecule has 34 heavy (non-hydrogen) atoms. The highest BCUT2D eigenvalue weighted by atomic mass is 32.2. The van der Waals surface area contributed by atoms with Gasteiger partial charge in [0.05, 0.1) is 11.3 Å². The van der Waals surface area contributed by atoms with E-state index in [0.29, 0.717) is 34.1 Å². The first-order valence-corrected chi connectivity index (χ1v) is 12.4. The normalized spacial score (nSPS) is 13.1. The molecule has 0 aliphatic heterocycles. The topological polar surface area (TPSA) is 74.8 Å². The van der Waals surface area contributed by atoms with Gasteiger partial charge < -0.3 is 9.71 Å². The summed E-state index contributed by atoms with van der Waals surface area (Å²) < 4.78 is 58.4. The molecular weight excluding hydrogens is 463 g/mol. The van der Waals surface area contributed by atoms with E-state index < -0.39 is 32.7 Å². The van der Waals surface area contributed by atoms with Gasteiger partial charge in [-0.05, 0) is 60.7 Å². The maximum atomic E-state index is 15.2. The third kappa shape index (κ3) is 4.43. The van der Waals surface area contributed by atoms with Crippen LogP contribution >= 0.6 is 0 Å². The highest BCUT2D eigenvalue weighted by Crippen LogP contribution is 2.30. The lowest BCUT2D eigenvalue weighted by Gasteiger charge is -2.14. The van der Waals surface area contributed by atoms with Gasteiger partial charge in [-0.3, -0.25) is 4.79 Å². The molecule has 0 amide bonds. The molecule has 176 valence electrons. The largest absolute Gasteiger partial charge is 0.345 e. The van der Waals surface area contributed by atoms with Gasteiger partial charge in [-0.1, -0.05) is 13.0 Å². The Morgan fingerprint density at radius 3 is 2.65 bits per heavy atom. The average Bonchev–Trinajstić information content (AvgIpc) is 3.19. The van der Waals surface area contributed by atoms with Gasteiger partial charge in [0.15, 0.2) is 5.82 Å². The van der Waals surface area contributed by atoms with Gasteiger partial charge >= 0.3 is 0 Å². The van der Waals surface area contributed by atoms with Crippen molar-refractivity contribution in [2.45, 2.75) is 20.3 Å². The van der Waals surface area contributed by atoms with Crippen LogP contribution in [0.5, 0.6) is 0 Å². The molecular formula is C25H22F3N3O2S. The zero-order valence-electron chi connectivity index (χ0n) is 18.5. The predicted octanol–water partition coefficient (Wildman–Crippen LogP) is 5.64. The Morgan fingerprint density at radius 1 is 1.18 bits per heavy atom. The van der Waals surface area contributed by atoms with Crippen LogP contribution in [0, 0.1) is 24.4 Å². The van der Waals surface area contributed by atoms with Gasteiger partial charge in [-0.2, -0.15) is 0 Å². The molecule has 4 aromatic rings. The van der Waals surface area contributed by atoms with Crippen LogP contribution in [-0.2, 0) is 9.71 Å². The van der Waals surface area contributed by atoms with Gasteiger partial charge in [-0.15, -0.1) is 0 Å². The van der Waals surface area contributed by atoms with Gasteiger partial charge in [0.25, 0.3) is 0 Å². The second-order valence-electron chi connectivity index (χ2n) is 8.01. The van der Waals surface area contributed by atoms with Crippen LogP contribution in [0.1, 0.15) is 34.8 Å². The van der Waals surface area contributed by atoms with Crippen molar-refractivity contribution >= 4 is 38.1 Å². The molecule has 0 saturated heterocycles. The fourth-order valence-corrected chi connectivity index (χ4v) is 5.16. The Hall–Kier alpha value is -3.59. The standard InChI is InChI=1S/C25H22F3N3O2S/c1-4-9-34(3,33)31-21-8-7-20(27)22(23(21)28)24(32)19-13-30-25-18(19)11-15(12-29-25)17-6-5-16(26)10-14(17)2/h5-8,10-13H,3-4,9H2,1-2H3,(H,29,30)(H,31,33). The average molecular weight is 486 g/mol. The zero-order chi connectivity index (χ0) is 24.6. The summed E-state index contributed by atoms with van der Waals surface area (Å²) in [5.41, 5.74) is 1.32. The summed E-state index contributed by atoms with van der Waals surface area (Å²) in [5, 5.41) is 0.357. The monoisotopic (exact) mass is 485 g/mol. The molecule has 0 saturated carbocycles. The first-order chi connectivity index (χ1) is 16.1. The Balaban J connectivity index is 1.80. The van der Waals surface area contributed by atoms with Crippen LogP contribution < -0.4 is 4.72 Å². The number of pyridine rings is 1. The molecule has 4 rings (SSSR count). The second kappa shape index (κ2) is 8.98. The fourth-order valence-electron chi connectivity index (χ4n) is 3.84. The lowest BCUT2D eigenvalue weighted by atomic mass is 9.98.